The van der Waals surface area contributed by atoms with Crippen molar-refractivity contribution in [2.75, 3.05) is 6.54 Å². The van der Waals surface area contributed by atoms with Crippen molar-refractivity contribution in [3.8, 4) is 0 Å². The standard InChI is InChI=1S/C12H9BrClNO2/c13-11-9(2-1-3-10(11)14)12(17)15-6-4-8(16)5-7-15/h1-4,6H,5,7H2. The summed E-state index contributed by atoms with van der Waals surface area (Å²) in [6.07, 6.45) is 3.29. The highest BCUT2D eigenvalue weighted by atomic mass is 79.9. The lowest BCUT2D eigenvalue weighted by Crippen LogP contribution is -2.31. The molecule has 0 saturated heterocycles. The van der Waals surface area contributed by atoms with E-state index >= 15 is 0 Å². The van der Waals surface area contributed by atoms with Crippen LogP contribution in [-0.4, -0.2) is 23.1 Å². The number of allylic oxidation sites excluding steroid dienone is 1. The summed E-state index contributed by atoms with van der Waals surface area (Å²) in [5.74, 6) is -0.123. The Morgan fingerprint density at radius 2 is 2.18 bits per heavy atom. The van der Waals surface area contributed by atoms with Crippen LogP contribution in [0.5, 0.6) is 0 Å². The van der Waals surface area contributed by atoms with Crippen molar-refractivity contribution in [2.45, 2.75) is 6.42 Å². The maximum atomic E-state index is 12.2. The first-order chi connectivity index (χ1) is 8.09. The van der Waals surface area contributed by atoms with Crippen molar-refractivity contribution in [1.29, 1.82) is 0 Å². The van der Waals surface area contributed by atoms with Gasteiger partial charge in [0.15, 0.2) is 5.78 Å². The molecule has 3 nitrogen and oxygen atoms in total. The molecule has 1 aliphatic rings. The monoisotopic (exact) mass is 313 g/mol. The number of benzene rings is 1. The number of carbonyl (C=O) groups is 2. The number of amides is 1. The summed E-state index contributed by atoms with van der Waals surface area (Å²) in [6.45, 7) is 0.410. The molecule has 0 aromatic heterocycles. The van der Waals surface area contributed by atoms with Crippen LogP contribution in [0.3, 0.4) is 0 Å². The van der Waals surface area contributed by atoms with Crippen molar-refractivity contribution >= 4 is 39.2 Å². The zero-order valence-electron chi connectivity index (χ0n) is 8.82. The highest BCUT2D eigenvalue weighted by Crippen LogP contribution is 2.27. The van der Waals surface area contributed by atoms with E-state index in [1.54, 1.807) is 18.2 Å². The largest absolute Gasteiger partial charge is 0.314 e. The molecule has 0 bridgehead atoms. The van der Waals surface area contributed by atoms with E-state index in [-0.39, 0.29) is 11.7 Å². The van der Waals surface area contributed by atoms with Crippen LogP contribution in [0.4, 0.5) is 0 Å². The van der Waals surface area contributed by atoms with Crippen LogP contribution in [-0.2, 0) is 4.79 Å². The van der Waals surface area contributed by atoms with Crippen molar-refractivity contribution in [1.82, 2.24) is 4.90 Å². The van der Waals surface area contributed by atoms with Gasteiger partial charge >= 0.3 is 0 Å². The highest BCUT2D eigenvalue weighted by Gasteiger charge is 2.20. The lowest BCUT2D eigenvalue weighted by atomic mass is 10.1. The minimum absolute atomic E-state index is 0.0409. The summed E-state index contributed by atoms with van der Waals surface area (Å²) in [6, 6.07) is 5.12. The fourth-order valence-corrected chi connectivity index (χ4v) is 2.16. The number of carbonyl (C=O) groups excluding carboxylic acids is 2. The first kappa shape index (κ1) is 12.3. The maximum absolute atomic E-state index is 12.2. The molecule has 17 heavy (non-hydrogen) atoms. The fraction of sp³-hybridized carbons (Fsp3) is 0.167. The van der Waals surface area contributed by atoms with Gasteiger partial charge in [-0.1, -0.05) is 17.7 Å². The lowest BCUT2D eigenvalue weighted by Gasteiger charge is -2.21. The number of hydrogen-bond acceptors (Lipinski definition) is 2. The second-order valence-electron chi connectivity index (χ2n) is 3.63. The second kappa shape index (κ2) is 5.02. The number of rotatable bonds is 1. The van der Waals surface area contributed by atoms with E-state index < -0.39 is 0 Å². The normalized spacial score (nSPS) is 15.2. The molecular formula is C12H9BrClNO2. The number of ketones is 1. The van der Waals surface area contributed by atoms with Gasteiger partial charge in [0.05, 0.1) is 10.6 Å². The van der Waals surface area contributed by atoms with Crippen LogP contribution in [0.15, 0.2) is 34.9 Å². The van der Waals surface area contributed by atoms with Crippen LogP contribution < -0.4 is 0 Å². The maximum Gasteiger partial charge on any atom is 0.259 e. The van der Waals surface area contributed by atoms with Crippen LogP contribution in [0.1, 0.15) is 16.8 Å². The van der Waals surface area contributed by atoms with Crippen LogP contribution in [0.2, 0.25) is 5.02 Å². The Morgan fingerprint density at radius 3 is 2.82 bits per heavy atom. The lowest BCUT2D eigenvalue weighted by molar-refractivity contribution is -0.115. The number of nitrogens with zero attached hydrogens (tertiary/aromatic N) is 1. The number of halogens is 2. The van der Waals surface area contributed by atoms with E-state index in [9.17, 15) is 9.59 Å². The van der Waals surface area contributed by atoms with E-state index in [2.05, 4.69) is 15.9 Å². The molecule has 5 heteroatoms. The van der Waals surface area contributed by atoms with E-state index in [0.717, 1.165) is 0 Å². The molecule has 0 fully saturated rings. The molecular weight excluding hydrogens is 305 g/mol. The Hall–Kier alpha value is -1.13. The quantitative estimate of drug-likeness (QED) is 0.799. The zero-order valence-corrected chi connectivity index (χ0v) is 11.2. The molecule has 0 unspecified atom stereocenters. The predicted octanol–water partition coefficient (Wildman–Crippen LogP) is 3.03. The van der Waals surface area contributed by atoms with Gasteiger partial charge < -0.3 is 4.90 Å². The van der Waals surface area contributed by atoms with Crippen molar-refractivity contribution in [2.24, 2.45) is 0 Å². The third-order valence-electron chi connectivity index (χ3n) is 2.48. The topological polar surface area (TPSA) is 37.4 Å². The molecule has 0 saturated carbocycles. The van der Waals surface area contributed by atoms with Crippen LogP contribution in [0.25, 0.3) is 0 Å². The smallest absolute Gasteiger partial charge is 0.259 e. The van der Waals surface area contributed by atoms with Gasteiger partial charge in [0.1, 0.15) is 0 Å². The molecule has 88 valence electrons. The van der Waals surface area contributed by atoms with Crippen LogP contribution in [0, 0.1) is 0 Å². The molecule has 1 aromatic rings. The molecule has 1 amide bonds. The SMILES string of the molecule is O=C1C=CN(C(=O)c2cccc(Cl)c2Br)CC1. The van der Waals surface area contributed by atoms with Crippen molar-refractivity contribution in [3.05, 3.63) is 45.5 Å². The number of hydrogen-bond donors (Lipinski definition) is 0. The van der Waals surface area contributed by atoms with Crippen molar-refractivity contribution < 1.29 is 9.59 Å². The van der Waals surface area contributed by atoms with Gasteiger partial charge in [0.2, 0.25) is 0 Å². The van der Waals surface area contributed by atoms with Gasteiger partial charge in [-0.25, -0.2) is 0 Å². The molecule has 1 aliphatic heterocycles. The van der Waals surface area contributed by atoms with Gasteiger partial charge in [0, 0.05) is 23.6 Å². The predicted molar refractivity (Wildman–Crippen MR) is 69.0 cm³/mol. The molecule has 2 rings (SSSR count). The van der Waals surface area contributed by atoms with E-state index in [1.165, 1.54) is 17.2 Å². The third-order valence-corrected chi connectivity index (χ3v) is 3.88. The Kier molecular flexibility index (Phi) is 3.64. The molecule has 0 radical (unpaired) electrons. The zero-order chi connectivity index (χ0) is 12.4. The highest BCUT2D eigenvalue weighted by molar-refractivity contribution is 9.10. The molecule has 1 heterocycles. The van der Waals surface area contributed by atoms with E-state index in [0.29, 0.717) is 28.0 Å². The van der Waals surface area contributed by atoms with E-state index in [1.807, 2.05) is 0 Å². The van der Waals surface area contributed by atoms with Crippen LogP contribution >= 0.6 is 27.5 Å². The minimum Gasteiger partial charge on any atom is -0.314 e. The summed E-state index contributed by atoms with van der Waals surface area (Å²) < 4.78 is 0.581. The molecule has 1 aromatic carbocycles. The summed E-state index contributed by atoms with van der Waals surface area (Å²) in [5.41, 5.74) is 0.497. The summed E-state index contributed by atoms with van der Waals surface area (Å²) in [7, 11) is 0. The minimum atomic E-state index is -0.164. The average Bonchev–Trinajstić information content (AvgIpc) is 2.33. The Balaban J connectivity index is 2.29. The molecule has 0 aliphatic carbocycles. The first-order valence-electron chi connectivity index (χ1n) is 5.05. The Labute approximate surface area is 112 Å². The Bertz CT molecular complexity index is 513. The molecule has 0 spiro atoms. The van der Waals surface area contributed by atoms with Gasteiger partial charge in [-0.3, -0.25) is 9.59 Å². The van der Waals surface area contributed by atoms with Gasteiger partial charge in [-0.15, -0.1) is 0 Å². The van der Waals surface area contributed by atoms with Gasteiger partial charge in [-0.2, -0.15) is 0 Å². The first-order valence-corrected chi connectivity index (χ1v) is 6.22. The molecule has 0 N–H and O–H groups in total. The molecule has 0 atom stereocenters. The second-order valence-corrected chi connectivity index (χ2v) is 4.83. The third kappa shape index (κ3) is 2.58. The van der Waals surface area contributed by atoms with Gasteiger partial charge in [-0.05, 0) is 34.1 Å². The average molecular weight is 315 g/mol. The van der Waals surface area contributed by atoms with E-state index in [4.69, 9.17) is 11.6 Å². The summed E-state index contributed by atoms with van der Waals surface area (Å²) in [5, 5.41) is 0.493. The fourth-order valence-electron chi connectivity index (χ4n) is 1.55. The Morgan fingerprint density at radius 1 is 1.41 bits per heavy atom. The summed E-state index contributed by atoms with van der Waals surface area (Å²) in [4.78, 5) is 24.7. The van der Waals surface area contributed by atoms with Crippen molar-refractivity contribution in [3.63, 3.8) is 0 Å². The van der Waals surface area contributed by atoms with Gasteiger partial charge in [0.25, 0.3) is 5.91 Å². The summed E-state index contributed by atoms with van der Waals surface area (Å²) >= 11 is 9.22.